The molecule has 0 aromatic carbocycles. The third-order valence-corrected chi connectivity index (χ3v) is 5.15. The Kier molecular flexibility index (Phi) is 11.4. The van der Waals surface area contributed by atoms with Gasteiger partial charge in [0, 0.05) is 0 Å². The van der Waals surface area contributed by atoms with E-state index in [2.05, 4.69) is 26.6 Å². The van der Waals surface area contributed by atoms with Crippen LogP contribution in [0.15, 0.2) is 0 Å². The maximum Gasteiger partial charge on any atom is 0.326 e. The van der Waals surface area contributed by atoms with Crippen LogP contribution in [-0.2, 0) is 28.8 Å². The molecule has 0 spiro atoms. The fraction of sp³-hybridized carbons (Fsp3) is 0.700. The molecule has 0 unspecified atom stereocenters. The minimum atomic E-state index is -1.49. The normalized spacial score (nSPS) is 18.8. The summed E-state index contributed by atoms with van der Waals surface area (Å²) in [5, 5.41) is 31.2. The van der Waals surface area contributed by atoms with Gasteiger partial charge in [-0.3, -0.25) is 24.0 Å². The molecule has 0 aromatic heterocycles. The second-order valence-corrected chi connectivity index (χ2v) is 8.45. The van der Waals surface area contributed by atoms with Crippen molar-refractivity contribution in [1.82, 2.24) is 26.6 Å². The fourth-order valence-corrected chi connectivity index (χ4v) is 3.27. The van der Waals surface area contributed by atoms with Gasteiger partial charge in [-0.15, -0.1) is 0 Å². The molecule has 5 atom stereocenters. The van der Waals surface area contributed by atoms with Crippen LogP contribution < -0.4 is 32.3 Å². The van der Waals surface area contributed by atoms with Crippen LogP contribution in [-0.4, -0.2) is 89.1 Å². The van der Waals surface area contributed by atoms with Crippen LogP contribution in [0, 0.1) is 5.92 Å². The predicted octanol–water partition coefficient (Wildman–Crippen LogP) is -3.69. The molecule has 14 nitrogen and oxygen atoms in total. The van der Waals surface area contributed by atoms with Gasteiger partial charge >= 0.3 is 5.97 Å². The number of primary amides is 1. The molecule has 1 rings (SSSR count). The van der Waals surface area contributed by atoms with Gasteiger partial charge in [-0.05, 0) is 32.2 Å². The molecule has 34 heavy (non-hydrogen) atoms. The number of amides is 5. The Hall–Kier alpha value is -3.26. The topological polar surface area (TPSA) is 229 Å². The van der Waals surface area contributed by atoms with Crippen molar-refractivity contribution >= 4 is 35.5 Å². The third-order valence-electron chi connectivity index (χ3n) is 5.15. The van der Waals surface area contributed by atoms with E-state index in [0.717, 1.165) is 6.42 Å². The molecule has 0 saturated carbocycles. The van der Waals surface area contributed by atoms with Gasteiger partial charge in [-0.25, -0.2) is 4.79 Å². The van der Waals surface area contributed by atoms with E-state index in [4.69, 9.17) is 5.73 Å². The quantitative estimate of drug-likeness (QED) is 0.128. The molecular weight excluding hydrogens is 452 g/mol. The zero-order valence-electron chi connectivity index (χ0n) is 19.4. The lowest BCUT2D eigenvalue weighted by molar-refractivity contribution is -0.144. The Labute approximate surface area is 196 Å². The number of carboxylic acids is 1. The molecular formula is C20H34N6O8. The average Bonchev–Trinajstić information content (AvgIpc) is 3.27. The molecule has 14 heteroatoms. The van der Waals surface area contributed by atoms with E-state index in [0.29, 0.717) is 13.0 Å². The van der Waals surface area contributed by atoms with Gasteiger partial charge in [0.2, 0.25) is 29.5 Å². The Balaban J connectivity index is 2.71. The molecule has 1 fully saturated rings. The molecule has 0 bridgehead atoms. The van der Waals surface area contributed by atoms with Crippen molar-refractivity contribution in [3.63, 3.8) is 0 Å². The van der Waals surface area contributed by atoms with Gasteiger partial charge < -0.3 is 42.5 Å². The van der Waals surface area contributed by atoms with Crippen LogP contribution >= 0.6 is 0 Å². The zero-order chi connectivity index (χ0) is 26.0. The first-order valence-corrected chi connectivity index (χ1v) is 10.9. The number of carboxylic acid groups (broad SMARTS) is 1. The van der Waals surface area contributed by atoms with Crippen molar-refractivity contribution in [2.75, 3.05) is 13.1 Å². The van der Waals surface area contributed by atoms with Crippen molar-refractivity contribution in [3.8, 4) is 0 Å². The van der Waals surface area contributed by atoms with E-state index in [1.54, 1.807) is 13.8 Å². The number of hydrogen-bond acceptors (Lipinski definition) is 8. The number of carbonyl (C=O) groups excluding carboxylic acids is 5. The summed E-state index contributed by atoms with van der Waals surface area (Å²) < 4.78 is 0. The summed E-state index contributed by atoms with van der Waals surface area (Å²) in [6, 6.07) is -4.53. The zero-order valence-corrected chi connectivity index (χ0v) is 19.4. The van der Waals surface area contributed by atoms with E-state index in [1.807, 2.05) is 0 Å². The van der Waals surface area contributed by atoms with Crippen molar-refractivity contribution in [2.45, 2.75) is 70.3 Å². The number of aliphatic hydroxyl groups is 1. The van der Waals surface area contributed by atoms with Crippen LogP contribution in [0.4, 0.5) is 0 Å². The van der Waals surface area contributed by atoms with Crippen LogP contribution in [0.3, 0.4) is 0 Å². The summed E-state index contributed by atoms with van der Waals surface area (Å²) in [4.78, 5) is 72.0. The molecule has 0 aromatic rings. The second kappa shape index (κ2) is 13.4. The fourth-order valence-electron chi connectivity index (χ4n) is 3.27. The predicted molar refractivity (Wildman–Crippen MR) is 118 cm³/mol. The number of carbonyl (C=O) groups is 6. The highest BCUT2D eigenvalue weighted by Crippen LogP contribution is 2.06. The maximum absolute atomic E-state index is 12.5. The lowest BCUT2D eigenvalue weighted by Gasteiger charge is -2.25. The minimum absolute atomic E-state index is 0.456. The SMILES string of the molecule is CC(C)[C@H](NC(=O)[C@@H](NC(=O)CNC(=O)[C@H](CC(N)=O)NC(=O)[C@@H]1CCCN1)[C@@H](C)O)C(=O)O. The van der Waals surface area contributed by atoms with Crippen molar-refractivity contribution in [1.29, 1.82) is 0 Å². The number of aliphatic carboxylic acids is 1. The first kappa shape index (κ1) is 28.8. The van der Waals surface area contributed by atoms with Gasteiger partial charge in [0.25, 0.3) is 0 Å². The number of aliphatic hydroxyl groups excluding tert-OH is 1. The Bertz CT molecular complexity index is 781. The smallest absolute Gasteiger partial charge is 0.326 e. The van der Waals surface area contributed by atoms with E-state index < -0.39 is 84.7 Å². The molecule has 5 amide bonds. The van der Waals surface area contributed by atoms with Gasteiger partial charge in [-0.1, -0.05) is 13.8 Å². The summed E-state index contributed by atoms with van der Waals surface area (Å²) in [5.41, 5.74) is 5.15. The molecule has 1 heterocycles. The molecule has 1 aliphatic heterocycles. The van der Waals surface area contributed by atoms with Gasteiger partial charge in [0.1, 0.15) is 18.1 Å². The molecule has 9 N–H and O–H groups in total. The Morgan fingerprint density at radius 1 is 1.00 bits per heavy atom. The summed E-state index contributed by atoms with van der Waals surface area (Å²) in [5.74, 6) is -5.68. The molecule has 0 radical (unpaired) electrons. The van der Waals surface area contributed by atoms with E-state index in [-0.39, 0.29) is 0 Å². The summed E-state index contributed by atoms with van der Waals surface area (Å²) in [7, 11) is 0. The van der Waals surface area contributed by atoms with Gasteiger partial charge in [0.05, 0.1) is 25.1 Å². The lowest BCUT2D eigenvalue weighted by atomic mass is 10.0. The Morgan fingerprint density at radius 2 is 1.65 bits per heavy atom. The molecule has 1 saturated heterocycles. The van der Waals surface area contributed by atoms with Crippen molar-refractivity contribution in [2.24, 2.45) is 11.7 Å². The highest BCUT2D eigenvalue weighted by molar-refractivity contribution is 5.96. The molecule has 1 aliphatic rings. The first-order valence-electron chi connectivity index (χ1n) is 10.9. The number of hydrogen-bond donors (Lipinski definition) is 8. The maximum atomic E-state index is 12.5. The van der Waals surface area contributed by atoms with Crippen molar-refractivity contribution < 1.29 is 39.0 Å². The average molecular weight is 487 g/mol. The van der Waals surface area contributed by atoms with Crippen LogP contribution in [0.5, 0.6) is 0 Å². The number of nitrogens with one attached hydrogen (secondary N) is 5. The highest BCUT2D eigenvalue weighted by Gasteiger charge is 2.32. The highest BCUT2D eigenvalue weighted by atomic mass is 16.4. The monoisotopic (exact) mass is 486 g/mol. The van der Waals surface area contributed by atoms with Crippen LogP contribution in [0.25, 0.3) is 0 Å². The first-order chi connectivity index (χ1) is 15.8. The summed E-state index contributed by atoms with van der Waals surface area (Å²) in [6.07, 6.45) is -0.507. The summed E-state index contributed by atoms with van der Waals surface area (Å²) >= 11 is 0. The Morgan fingerprint density at radius 3 is 2.12 bits per heavy atom. The van der Waals surface area contributed by atoms with Gasteiger partial charge in [0.15, 0.2) is 0 Å². The third kappa shape index (κ3) is 9.31. The second-order valence-electron chi connectivity index (χ2n) is 8.45. The van der Waals surface area contributed by atoms with E-state index in [1.165, 1.54) is 6.92 Å². The molecule has 192 valence electrons. The van der Waals surface area contributed by atoms with E-state index in [9.17, 15) is 39.0 Å². The minimum Gasteiger partial charge on any atom is -0.480 e. The van der Waals surface area contributed by atoms with Crippen LogP contribution in [0.1, 0.15) is 40.0 Å². The van der Waals surface area contributed by atoms with Crippen molar-refractivity contribution in [3.05, 3.63) is 0 Å². The van der Waals surface area contributed by atoms with E-state index >= 15 is 0 Å². The summed E-state index contributed by atoms with van der Waals surface area (Å²) in [6.45, 7) is 4.38. The van der Waals surface area contributed by atoms with Gasteiger partial charge in [-0.2, -0.15) is 0 Å². The standard InChI is InChI=1S/C20H34N6O8/c1-9(2)15(20(33)34)26-19(32)16(10(3)27)25-14(29)8-23-17(30)12(7-13(21)28)24-18(31)11-5-4-6-22-11/h9-12,15-16,22,27H,4-8H2,1-3H3,(H2,21,28)(H,23,30)(H,24,31)(H,25,29)(H,26,32)(H,33,34)/t10-,11+,12+,15+,16+/m1/s1. The van der Waals surface area contributed by atoms with Crippen LogP contribution in [0.2, 0.25) is 0 Å². The molecule has 0 aliphatic carbocycles. The lowest BCUT2D eigenvalue weighted by Crippen LogP contribution is -2.58. The number of rotatable bonds is 13. The number of nitrogens with two attached hydrogens (primary N) is 1. The largest absolute Gasteiger partial charge is 0.480 e.